The van der Waals surface area contributed by atoms with E-state index in [4.69, 9.17) is 14.2 Å². The lowest BCUT2D eigenvalue weighted by atomic mass is 10.2. The highest BCUT2D eigenvalue weighted by molar-refractivity contribution is 7.12. The van der Waals surface area contributed by atoms with E-state index in [2.05, 4.69) is 20.6 Å². The fourth-order valence-electron chi connectivity index (χ4n) is 2.53. The molecule has 0 radical (unpaired) electrons. The molecule has 2 aromatic heterocycles. The van der Waals surface area contributed by atoms with Gasteiger partial charge in [-0.05, 0) is 11.4 Å². The Morgan fingerprint density at radius 3 is 2.28 bits per heavy atom. The fourth-order valence-corrected chi connectivity index (χ4v) is 3.27. The highest BCUT2D eigenvalue weighted by Gasteiger charge is 2.19. The van der Waals surface area contributed by atoms with Gasteiger partial charge in [0.2, 0.25) is 5.75 Å². The number of rotatable bonds is 7. The molecule has 1 aromatic carbocycles. The van der Waals surface area contributed by atoms with Crippen LogP contribution >= 0.6 is 11.3 Å². The third kappa shape index (κ3) is 4.43. The van der Waals surface area contributed by atoms with Crippen molar-refractivity contribution >= 4 is 34.5 Å². The van der Waals surface area contributed by atoms with Gasteiger partial charge in [-0.2, -0.15) is 0 Å². The molecule has 29 heavy (non-hydrogen) atoms. The van der Waals surface area contributed by atoms with Crippen molar-refractivity contribution in [1.82, 2.24) is 9.97 Å². The van der Waals surface area contributed by atoms with E-state index < -0.39 is 11.8 Å². The number of amides is 2. The van der Waals surface area contributed by atoms with Gasteiger partial charge in [-0.25, -0.2) is 4.98 Å². The van der Waals surface area contributed by atoms with Crippen molar-refractivity contribution in [2.75, 3.05) is 32.0 Å². The van der Waals surface area contributed by atoms with Crippen LogP contribution in [0.4, 0.5) is 11.4 Å². The Morgan fingerprint density at radius 2 is 1.69 bits per heavy atom. The Balaban J connectivity index is 1.81. The molecular formula is C19H18N4O5S. The molecule has 2 N–H and O–H groups in total. The van der Waals surface area contributed by atoms with Crippen LogP contribution in [-0.2, 0) is 0 Å². The number of carbonyl (C=O) groups excluding carboxylic acids is 2. The van der Waals surface area contributed by atoms with Crippen molar-refractivity contribution in [1.29, 1.82) is 0 Å². The maximum atomic E-state index is 12.8. The summed E-state index contributed by atoms with van der Waals surface area (Å²) in [7, 11) is 4.47. The summed E-state index contributed by atoms with van der Waals surface area (Å²) in [5, 5.41) is 7.16. The standard InChI is InChI=1S/C19H18N4O5S/c1-26-14-8-11(9-15(27-2)16(14)28-3)22-19(25)17-12(4-7-29-17)23-18(24)13-10-20-5-6-21-13/h4-10H,1-3H3,(H,22,25)(H,23,24). The monoisotopic (exact) mass is 414 g/mol. The lowest BCUT2D eigenvalue weighted by molar-refractivity contribution is 0.102. The number of methoxy groups -OCH3 is 3. The van der Waals surface area contributed by atoms with Gasteiger partial charge in [0.15, 0.2) is 11.5 Å². The van der Waals surface area contributed by atoms with Crippen molar-refractivity contribution in [3.63, 3.8) is 0 Å². The van der Waals surface area contributed by atoms with Gasteiger partial charge in [0.05, 0.1) is 33.2 Å². The van der Waals surface area contributed by atoms with Gasteiger partial charge in [0.1, 0.15) is 10.6 Å². The molecule has 0 aliphatic rings. The second-order valence-electron chi connectivity index (χ2n) is 5.58. The van der Waals surface area contributed by atoms with E-state index in [1.54, 1.807) is 23.6 Å². The van der Waals surface area contributed by atoms with Gasteiger partial charge in [-0.1, -0.05) is 0 Å². The summed E-state index contributed by atoms with van der Waals surface area (Å²) in [6.07, 6.45) is 4.23. The van der Waals surface area contributed by atoms with Crippen LogP contribution in [0.5, 0.6) is 17.2 Å². The predicted molar refractivity (Wildman–Crippen MR) is 108 cm³/mol. The summed E-state index contributed by atoms with van der Waals surface area (Å²) in [6, 6.07) is 4.87. The number of ether oxygens (including phenoxy) is 3. The molecule has 0 bridgehead atoms. The number of nitrogens with one attached hydrogen (secondary N) is 2. The highest BCUT2D eigenvalue weighted by atomic mass is 32.1. The molecule has 10 heteroatoms. The number of hydrogen-bond acceptors (Lipinski definition) is 8. The Hall–Kier alpha value is -3.66. The Kier molecular flexibility index (Phi) is 6.25. The van der Waals surface area contributed by atoms with Crippen LogP contribution in [0, 0.1) is 0 Å². The van der Waals surface area contributed by atoms with Crippen molar-refractivity contribution in [2.24, 2.45) is 0 Å². The summed E-state index contributed by atoms with van der Waals surface area (Å²) >= 11 is 1.19. The number of aromatic nitrogens is 2. The first-order valence-corrected chi connectivity index (χ1v) is 9.21. The maximum Gasteiger partial charge on any atom is 0.275 e. The Morgan fingerprint density at radius 1 is 0.966 bits per heavy atom. The van der Waals surface area contributed by atoms with Crippen LogP contribution in [-0.4, -0.2) is 43.1 Å². The van der Waals surface area contributed by atoms with Crippen molar-refractivity contribution in [2.45, 2.75) is 0 Å². The topological polar surface area (TPSA) is 112 Å². The highest BCUT2D eigenvalue weighted by Crippen LogP contribution is 2.40. The van der Waals surface area contributed by atoms with Gasteiger partial charge in [0.25, 0.3) is 11.8 Å². The molecule has 9 nitrogen and oxygen atoms in total. The summed E-state index contributed by atoms with van der Waals surface area (Å²) in [4.78, 5) is 33.2. The zero-order chi connectivity index (χ0) is 20.8. The molecule has 0 aliphatic heterocycles. The Bertz CT molecular complexity index is 997. The van der Waals surface area contributed by atoms with Gasteiger partial charge in [-0.15, -0.1) is 11.3 Å². The minimum atomic E-state index is -0.460. The summed E-state index contributed by atoms with van der Waals surface area (Å²) in [6.45, 7) is 0. The first-order valence-electron chi connectivity index (χ1n) is 8.33. The average molecular weight is 414 g/mol. The maximum absolute atomic E-state index is 12.8. The number of anilines is 2. The smallest absolute Gasteiger partial charge is 0.275 e. The summed E-state index contributed by atoms with van der Waals surface area (Å²) in [5.41, 5.74) is 0.967. The molecule has 2 amide bonds. The normalized spacial score (nSPS) is 10.2. The summed E-state index contributed by atoms with van der Waals surface area (Å²) < 4.78 is 15.9. The number of thiophene rings is 1. The van der Waals surface area contributed by atoms with E-state index in [1.165, 1.54) is 51.3 Å². The van der Waals surface area contributed by atoms with Gasteiger partial charge >= 0.3 is 0 Å². The Labute approximate surface area is 170 Å². The second-order valence-corrected chi connectivity index (χ2v) is 6.49. The number of hydrogen-bond donors (Lipinski definition) is 2. The van der Waals surface area contributed by atoms with Gasteiger partial charge < -0.3 is 24.8 Å². The van der Waals surface area contributed by atoms with Crippen LogP contribution in [0.2, 0.25) is 0 Å². The van der Waals surface area contributed by atoms with Crippen LogP contribution in [0.15, 0.2) is 42.2 Å². The SMILES string of the molecule is COc1cc(NC(=O)c2sccc2NC(=O)c2cnccn2)cc(OC)c1OC. The molecule has 0 fully saturated rings. The molecule has 0 spiro atoms. The third-order valence-corrected chi connectivity index (χ3v) is 4.75. The number of benzene rings is 1. The third-order valence-electron chi connectivity index (χ3n) is 3.84. The van der Waals surface area contributed by atoms with Gasteiger partial charge in [-0.3, -0.25) is 14.6 Å². The van der Waals surface area contributed by atoms with Crippen molar-refractivity contribution < 1.29 is 23.8 Å². The lowest BCUT2D eigenvalue weighted by Crippen LogP contribution is -2.17. The average Bonchev–Trinajstić information content (AvgIpc) is 3.21. The lowest BCUT2D eigenvalue weighted by Gasteiger charge is -2.14. The van der Waals surface area contributed by atoms with E-state index in [9.17, 15) is 9.59 Å². The summed E-state index contributed by atoms with van der Waals surface area (Å²) in [5.74, 6) is 0.372. The van der Waals surface area contributed by atoms with Crippen LogP contribution in [0.1, 0.15) is 20.2 Å². The minimum absolute atomic E-state index is 0.148. The van der Waals surface area contributed by atoms with E-state index in [0.29, 0.717) is 33.5 Å². The fraction of sp³-hybridized carbons (Fsp3) is 0.158. The molecule has 150 valence electrons. The number of nitrogens with zero attached hydrogens (tertiary/aromatic N) is 2. The zero-order valence-corrected chi connectivity index (χ0v) is 16.7. The van der Waals surface area contributed by atoms with E-state index >= 15 is 0 Å². The van der Waals surface area contributed by atoms with Crippen molar-refractivity contribution in [3.05, 3.63) is 52.7 Å². The minimum Gasteiger partial charge on any atom is -0.493 e. The second kappa shape index (κ2) is 9.02. The van der Waals surface area contributed by atoms with Crippen LogP contribution in [0.25, 0.3) is 0 Å². The molecule has 0 saturated heterocycles. The van der Waals surface area contributed by atoms with Crippen molar-refractivity contribution in [3.8, 4) is 17.2 Å². The largest absolute Gasteiger partial charge is 0.493 e. The first-order chi connectivity index (χ1) is 14.1. The van der Waals surface area contributed by atoms with E-state index in [0.717, 1.165) is 0 Å². The number of carbonyl (C=O) groups is 2. The van der Waals surface area contributed by atoms with Crippen LogP contribution in [0.3, 0.4) is 0 Å². The van der Waals surface area contributed by atoms with Crippen LogP contribution < -0.4 is 24.8 Å². The molecular weight excluding hydrogens is 396 g/mol. The van der Waals surface area contributed by atoms with Gasteiger partial charge in [0, 0.05) is 30.2 Å². The molecule has 0 aliphatic carbocycles. The molecule has 0 saturated carbocycles. The molecule has 0 unspecified atom stereocenters. The molecule has 0 atom stereocenters. The zero-order valence-electron chi connectivity index (χ0n) is 15.9. The quantitative estimate of drug-likeness (QED) is 0.611. The predicted octanol–water partition coefficient (Wildman–Crippen LogP) is 3.07. The molecule has 2 heterocycles. The molecule has 3 rings (SSSR count). The molecule has 3 aromatic rings. The van der Waals surface area contributed by atoms with E-state index in [-0.39, 0.29) is 5.69 Å². The first kappa shape index (κ1) is 20.1. The van der Waals surface area contributed by atoms with E-state index in [1.807, 2.05) is 0 Å².